The van der Waals surface area contributed by atoms with E-state index in [2.05, 4.69) is 25.6 Å². The first kappa shape index (κ1) is 15.1. The molecule has 0 aliphatic rings. The second-order valence-corrected chi connectivity index (χ2v) is 4.81. The molecule has 0 saturated heterocycles. The van der Waals surface area contributed by atoms with Crippen molar-refractivity contribution in [2.24, 2.45) is 0 Å². The fraction of sp³-hybridized carbons (Fsp3) is 0.308. The van der Waals surface area contributed by atoms with Crippen LogP contribution in [0.5, 0.6) is 5.75 Å². The summed E-state index contributed by atoms with van der Waals surface area (Å²) < 4.78 is 5.18. The molecule has 0 amide bonds. The number of benzene rings is 1. The van der Waals surface area contributed by atoms with Crippen LogP contribution >= 0.6 is 11.6 Å². The smallest absolute Gasteiger partial charge is 0.233 e. The van der Waals surface area contributed by atoms with Gasteiger partial charge in [-0.05, 0) is 12.1 Å². The number of rotatable bonds is 5. The highest BCUT2D eigenvalue weighted by molar-refractivity contribution is 6.33. The van der Waals surface area contributed by atoms with Gasteiger partial charge in [0.25, 0.3) is 0 Å². The van der Waals surface area contributed by atoms with Crippen LogP contribution in [0.15, 0.2) is 18.2 Å². The fourth-order valence-electron chi connectivity index (χ4n) is 1.58. The Hall–Kier alpha value is -2.28. The lowest BCUT2D eigenvalue weighted by Crippen LogP contribution is -2.15. The van der Waals surface area contributed by atoms with E-state index in [0.29, 0.717) is 34.3 Å². The minimum atomic E-state index is 0.396. The summed E-state index contributed by atoms with van der Waals surface area (Å²) in [6.07, 6.45) is 0. The lowest BCUT2D eigenvalue weighted by Gasteiger charge is -2.14. The Morgan fingerprint density at radius 3 is 2.48 bits per heavy atom. The number of nitrogens with one attached hydrogen (secondary N) is 2. The molecule has 0 atom stereocenters. The number of anilines is 4. The second-order valence-electron chi connectivity index (χ2n) is 4.40. The summed E-state index contributed by atoms with van der Waals surface area (Å²) in [5.41, 5.74) is 0.661. The molecule has 2 N–H and O–H groups in total. The van der Waals surface area contributed by atoms with Crippen LogP contribution in [0.1, 0.15) is 0 Å². The molecule has 0 aliphatic carbocycles. The van der Waals surface area contributed by atoms with Crippen molar-refractivity contribution in [3.05, 3.63) is 23.2 Å². The number of nitrogens with zero attached hydrogens (tertiary/aromatic N) is 4. The van der Waals surface area contributed by atoms with Crippen LogP contribution in [-0.2, 0) is 0 Å². The van der Waals surface area contributed by atoms with Gasteiger partial charge in [0.2, 0.25) is 17.8 Å². The van der Waals surface area contributed by atoms with E-state index in [0.717, 1.165) is 0 Å². The summed E-state index contributed by atoms with van der Waals surface area (Å²) in [6, 6.07) is 5.31. The van der Waals surface area contributed by atoms with Gasteiger partial charge in [0, 0.05) is 27.2 Å². The first-order chi connectivity index (χ1) is 10.0. The topological polar surface area (TPSA) is 75.2 Å². The van der Waals surface area contributed by atoms with Crippen molar-refractivity contribution in [2.75, 3.05) is 43.8 Å². The second kappa shape index (κ2) is 6.45. The summed E-state index contributed by atoms with van der Waals surface area (Å²) in [4.78, 5) is 14.6. The maximum atomic E-state index is 6.16. The van der Waals surface area contributed by atoms with E-state index in [1.54, 1.807) is 37.3 Å². The van der Waals surface area contributed by atoms with E-state index in [1.807, 2.05) is 14.1 Å². The van der Waals surface area contributed by atoms with Crippen molar-refractivity contribution in [2.45, 2.75) is 0 Å². The molecule has 0 fully saturated rings. The Bertz CT molecular complexity index is 634. The molecule has 0 spiro atoms. The minimum Gasteiger partial charge on any atom is -0.497 e. The Kier molecular flexibility index (Phi) is 4.64. The third-order valence-electron chi connectivity index (χ3n) is 2.67. The predicted molar refractivity (Wildman–Crippen MR) is 85.0 cm³/mol. The highest BCUT2D eigenvalue weighted by atomic mass is 35.5. The summed E-state index contributed by atoms with van der Waals surface area (Å²) >= 11 is 6.16. The standard InChI is InChI=1S/C13H17ClN6O/c1-15-11-17-12(19-13(18-11)20(2)3)16-10-7-8(21-4)5-6-9(10)14/h5-7H,1-4H3,(H2,15,16,17,18,19). The first-order valence-corrected chi connectivity index (χ1v) is 6.63. The zero-order chi connectivity index (χ0) is 15.4. The fourth-order valence-corrected chi connectivity index (χ4v) is 1.74. The lowest BCUT2D eigenvalue weighted by molar-refractivity contribution is 0.415. The van der Waals surface area contributed by atoms with Crippen molar-refractivity contribution >= 4 is 35.1 Å². The van der Waals surface area contributed by atoms with Crippen molar-refractivity contribution in [1.82, 2.24) is 15.0 Å². The molecule has 0 radical (unpaired) electrons. The monoisotopic (exact) mass is 308 g/mol. The molecule has 21 heavy (non-hydrogen) atoms. The largest absolute Gasteiger partial charge is 0.497 e. The quantitative estimate of drug-likeness (QED) is 0.878. The number of aromatic nitrogens is 3. The molecule has 1 aromatic heterocycles. The number of hydrogen-bond acceptors (Lipinski definition) is 7. The molecular weight excluding hydrogens is 292 g/mol. The van der Waals surface area contributed by atoms with Crippen LogP contribution in [0.25, 0.3) is 0 Å². The van der Waals surface area contributed by atoms with Crippen molar-refractivity contribution in [1.29, 1.82) is 0 Å². The first-order valence-electron chi connectivity index (χ1n) is 6.25. The lowest BCUT2D eigenvalue weighted by atomic mass is 10.3. The van der Waals surface area contributed by atoms with E-state index in [4.69, 9.17) is 16.3 Å². The Labute approximate surface area is 128 Å². The summed E-state index contributed by atoms with van der Waals surface area (Å²) in [5.74, 6) is 2.09. The third kappa shape index (κ3) is 3.63. The van der Waals surface area contributed by atoms with Gasteiger partial charge in [0.15, 0.2) is 0 Å². The van der Waals surface area contributed by atoms with Crippen LogP contribution in [0.4, 0.5) is 23.5 Å². The molecule has 0 unspecified atom stereocenters. The molecule has 112 valence electrons. The number of methoxy groups -OCH3 is 1. The predicted octanol–water partition coefficient (Wildman–Crippen LogP) is 2.38. The summed E-state index contributed by atoms with van der Waals surface area (Å²) in [5, 5.41) is 6.52. The molecule has 0 bridgehead atoms. The maximum absolute atomic E-state index is 6.16. The van der Waals surface area contributed by atoms with Gasteiger partial charge in [-0.2, -0.15) is 15.0 Å². The van der Waals surface area contributed by atoms with Crippen LogP contribution < -0.4 is 20.3 Å². The van der Waals surface area contributed by atoms with Gasteiger partial charge in [0.1, 0.15) is 5.75 Å². The number of ether oxygens (including phenoxy) is 1. The number of hydrogen-bond donors (Lipinski definition) is 2. The number of halogens is 1. The zero-order valence-electron chi connectivity index (χ0n) is 12.3. The minimum absolute atomic E-state index is 0.396. The van der Waals surface area contributed by atoms with Crippen LogP contribution in [0.3, 0.4) is 0 Å². The van der Waals surface area contributed by atoms with Gasteiger partial charge < -0.3 is 20.3 Å². The van der Waals surface area contributed by atoms with E-state index in [-0.39, 0.29) is 0 Å². The molecule has 8 heteroatoms. The van der Waals surface area contributed by atoms with Crippen LogP contribution in [0.2, 0.25) is 5.02 Å². The zero-order valence-corrected chi connectivity index (χ0v) is 13.1. The summed E-state index contributed by atoms with van der Waals surface area (Å²) in [7, 11) is 7.06. The van der Waals surface area contributed by atoms with Crippen LogP contribution in [-0.4, -0.2) is 43.2 Å². The molecule has 2 aromatic rings. The Morgan fingerprint density at radius 1 is 1.14 bits per heavy atom. The average molecular weight is 309 g/mol. The van der Waals surface area contributed by atoms with Crippen molar-refractivity contribution in [3.8, 4) is 5.75 Å². The SMILES string of the molecule is CNc1nc(Nc2cc(OC)ccc2Cl)nc(N(C)C)n1. The van der Waals surface area contributed by atoms with E-state index >= 15 is 0 Å². The molecule has 1 heterocycles. The van der Waals surface area contributed by atoms with E-state index < -0.39 is 0 Å². The van der Waals surface area contributed by atoms with E-state index in [9.17, 15) is 0 Å². The van der Waals surface area contributed by atoms with Crippen LogP contribution in [0, 0.1) is 0 Å². The molecule has 2 rings (SSSR count). The molecular formula is C13H17ClN6O. The maximum Gasteiger partial charge on any atom is 0.233 e. The average Bonchev–Trinajstić information content (AvgIpc) is 2.49. The molecule has 1 aromatic carbocycles. The Balaban J connectivity index is 2.36. The highest BCUT2D eigenvalue weighted by Crippen LogP contribution is 2.28. The molecule has 7 nitrogen and oxygen atoms in total. The van der Waals surface area contributed by atoms with E-state index in [1.165, 1.54) is 0 Å². The van der Waals surface area contributed by atoms with Gasteiger partial charge in [-0.25, -0.2) is 0 Å². The van der Waals surface area contributed by atoms with Gasteiger partial charge >= 0.3 is 0 Å². The summed E-state index contributed by atoms with van der Waals surface area (Å²) in [6.45, 7) is 0. The molecule has 0 saturated carbocycles. The van der Waals surface area contributed by atoms with Gasteiger partial charge in [0.05, 0.1) is 17.8 Å². The van der Waals surface area contributed by atoms with Gasteiger partial charge in [-0.3, -0.25) is 0 Å². The molecule has 0 aliphatic heterocycles. The van der Waals surface area contributed by atoms with Gasteiger partial charge in [-0.1, -0.05) is 11.6 Å². The van der Waals surface area contributed by atoms with Crippen molar-refractivity contribution < 1.29 is 4.74 Å². The third-order valence-corrected chi connectivity index (χ3v) is 3.00. The van der Waals surface area contributed by atoms with Gasteiger partial charge in [-0.15, -0.1) is 0 Å². The highest BCUT2D eigenvalue weighted by Gasteiger charge is 2.09. The Morgan fingerprint density at radius 2 is 1.86 bits per heavy atom. The van der Waals surface area contributed by atoms with Crippen molar-refractivity contribution in [3.63, 3.8) is 0 Å². The normalized spacial score (nSPS) is 10.1.